The third-order valence-electron chi connectivity index (χ3n) is 4.99. The van der Waals surface area contributed by atoms with Crippen molar-refractivity contribution in [2.75, 3.05) is 0 Å². The monoisotopic (exact) mass is 487 g/mol. The predicted molar refractivity (Wildman–Crippen MR) is 104 cm³/mol. The SMILES string of the molecule is C[C@@]1(c2cc(-c3cc(-c4ncc(OC(F)F)cn4)no3)ccc2F)C[C@@H](C(F)(F)F)OC(N)=N1. The zero-order valence-corrected chi connectivity index (χ0v) is 17.2. The number of nitrogens with zero attached hydrogens (tertiary/aromatic N) is 4. The van der Waals surface area contributed by atoms with E-state index in [1.807, 2.05) is 0 Å². The molecule has 8 nitrogen and oxygen atoms in total. The van der Waals surface area contributed by atoms with E-state index in [0.29, 0.717) is 0 Å². The molecule has 0 bridgehead atoms. The molecule has 1 aliphatic heterocycles. The summed E-state index contributed by atoms with van der Waals surface area (Å²) in [6, 6.07) is 4.34. The molecule has 0 spiro atoms. The molecule has 3 aromatic rings. The summed E-state index contributed by atoms with van der Waals surface area (Å²) >= 11 is 0. The number of rotatable bonds is 5. The van der Waals surface area contributed by atoms with Gasteiger partial charge in [0.1, 0.15) is 5.82 Å². The highest BCUT2D eigenvalue weighted by atomic mass is 19.4. The summed E-state index contributed by atoms with van der Waals surface area (Å²) in [5, 5.41) is 3.79. The van der Waals surface area contributed by atoms with Gasteiger partial charge in [-0.1, -0.05) is 5.16 Å². The van der Waals surface area contributed by atoms with Crippen LogP contribution in [0.2, 0.25) is 0 Å². The van der Waals surface area contributed by atoms with E-state index in [4.69, 9.17) is 10.3 Å². The average molecular weight is 487 g/mol. The summed E-state index contributed by atoms with van der Waals surface area (Å²) < 4.78 is 93.0. The zero-order valence-electron chi connectivity index (χ0n) is 17.2. The van der Waals surface area contributed by atoms with E-state index in [-0.39, 0.29) is 34.2 Å². The van der Waals surface area contributed by atoms with Crippen LogP contribution in [-0.2, 0) is 10.3 Å². The minimum atomic E-state index is -4.73. The molecule has 2 N–H and O–H groups in total. The van der Waals surface area contributed by atoms with E-state index in [2.05, 4.69) is 29.6 Å². The number of benzene rings is 1. The minimum Gasteiger partial charge on any atom is -0.452 e. The highest BCUT2D eigenvalue weighted by Gasteiger charge is 2.50. The van der Waals surface area contributed by atoms with Crippen molar-refractivity contribution in [3.63, 3.8) is 0 Å². The van der Waals surface area contributed by atoms with Gasteiger partial charge >= 0.3 is 12.8 Å². The van der Waals surface area contributed by atoms with Gasteiger partial charge in [-0.05, 0) is 25.1 Å². The molecule has 2 aromatic heterocycles. The van der Waals surface area contributed by atoms with Crippen LogP contribution in [0.1, 0.15) is 18.9 Å². The lowest BCUT2D eigenvalue weighted by molar-refractivity contribution is -0.208. The molecule has 0 unspecified atom stereocenters. The number of nitrogens with two attached hydrogens (primary N) is 1. The molecule has 4 rings (SSSR count). The number of alkyl halides is 5. The van der Waals surface area contributed by atoms with Gasteiger partial charge in [0.25, 0.3) is 6.02 Å². The van der Waals surface area contributed by atoms with Crippen molar-refractivity contribution in [3.8, 4) is 28.6 Å². The Morgan fingerprint density at radius 1 is 1.18 bits per heavy atom. The van der Waals surface area contributed by atoms with Crippen LogP contribution < -0.4 is 10.5 Å². The molecule has 34 heavy (non-hydrogen) atoms. The molecule has 1 aromatic carbocycles. The van der Waals surface area contributed by atoms with Crippen LogP contribution in [-0.4, -0.2) is 40.0 Å². The quantitative estimate of drug-likeness (QED) is 0.531. The number of aromatic nitrogens is 3. The normalized spacial score (nSPS) is 20.7. The summed E-state index contributed by atoms with van der Waals surface area (Å²) in [6.07, 6.45) is -5.65. The van der Waals surface area contributed by atoms with Gasteiger partial charge in [0, 0.05) is 23.6 Å². The van der Waals surface area contributed by atoms with Crippen LogP contribution >= 0.6 is 0 Å². The Bertz CT molecular complexity index is 1210. The van der Waals surface area contributed by atoms with Gasteiger partial charge < -0.3 is 19.7 Å². The Morgan fingerprint density at radius 2 is 1.88 bits per heavy atom. The largest absolute Gasteiger partial charge is 0.452 e. The van der Waals surface area contributed by atoms with Crippen molar-refractivity contribution < 1.29 is 40.3 Å². The molecular formula is C20H15F6N5O3. The van der Waals surface area contributed by atoms with Crippen molar-refractivity contribution in [2.45, 2.75) is 37.8 Å². The standard InChI is InChI=1S/C20H15F6N5O3/c1-19(6-15(20(24,25)26)33-18(27)30-19)11-4-9(2-3-12(11)21)14-5-13(31-34-14)16-28-7-10(8-29-16)32-17(22)23/h2-5,7-8,15,17H,6H2,1H3,(H2,27,30)/t15-,19-/m0/s1. The van der Waals surface area contributed by atoms with E-state index in [1.54, 1.807) is 0 Å². The summed E-state index contributed by atoms with van der Waals surface area (Å²) in [6.45, 7) is -1.73. The van der Waals surface area contributed by atoms with E-state index in [9.17, 15) is 26.3 Å². The molecule has 0 saturated heterocycles. The van der Waals surface area contributed by atoms with E-state index in [0.717, 1.165) is 18.5 Å². The van der Waals surface area contributed by atoms with Crippen molar-refractivity contribution in [1.82, 2.24) is 15.1 Å². The fourth-order valence-corrected chi connectivity index (χ4v) is 3.44. The highest BCUT2D eigenvalue weighted by molar-refractivity contribution is 5.73. The minimum absolute atomic E-state index is 0.0285. The second-order valence-corrected chi connectivity index (χ2v) is 7.47. The van der Waals surface area contributed by atoms with E-state index < -0.39 is 42.7 Å². The first-order chi connectivity index (χ1) is 15.9. The first-order valence-electron chi connectivity index (χ1n) is 9.58. The smallest absolute Gasteiger partial charge is 0.425 e. The third-order valence-corrected chi connectivity index (χ3v) is 4.99. The third kappa shape index (κ3) is 4.75. The average Bonchev–Trinajstić information content (AvgIpc) is 3.23. The molecule has 14 heteroatoms. The van der Waals surface area contributed by atoms with Crippen LogP contribution in [0.4, 0.5) is 26.3 Å². The van der Waals surface area contributed by atoms with E-state index in [1.165, 1.54) is 25.1 Å². The number of hydrogen-bond acceptors (Lipinski definition) is 8. The topological polar surface area (TPSA) is 109 Å². The van der Waals surface area contributed by atoms with Crippen molar-refractivity contribution >= 4 is 6.02 Å². The van der Waals surface area contributed by atoms with Gasteiger partial charge in [-0.3, -0.25) is 0 Å². The van der Waals surface area contributed by atoms with E-state index >= 15 is 0 Å². The molecule has 180 valence electrons. The molecule has 0 saturated carbocycles. The fraction of sp³-hybridized carbons (Fsp3) is 0.300. The molecule has 3 heterocycles. The van der Waals surface area contributed by atoms with Gasteiger partial charge in [-0.15, -0.1) is 0 Å². The van der Waals surface area contributed by atoms with Gasteiger partial charge in [0.2, 0.25) is 0 Å². The summed E-state index contributed by atoms with van der Waals surface area (Å²) in [4.78, 5) is 11.6. The Hall–Kier alpha value is -3.84. The molecule has 1 aliphatic rings. The van der Waals surface area contributed by atoms with Crippen molar-refractivity contribution in [3.05, 3.63) is 48.0 Å². The lowest BCUT2D eigenvalue weighted by Gasteiger charge is -2.36. The predicted octanol–water partition coefficient (Wildman–Crippen LogP) is 4.42. The van der Waals surface area contributed by atoms with Crippen LogP contribution in [0.5, 0.6) is 5.75 Å². The molecule has 0 fully saturated rings. The highest BCUT2D eigenvalue weighted by Crippen LogP contribution is 2.42. The first kappa shape index (κ1) is 23.3. The molecule has 0 aliphatic carbocycles. The van der Waals surface area contributed by atoms with Crippen molar-refractivity contribution in [2.24, 2.45) is 10.7 Å². The van der Waals surface area contributed by atoms with Gasteiger partial charge in [-0.25, -0.2) is 19.4 Å². The lowest BCUT2D eigenvalue weighted by atomic mass is 9.84. The van der Waals surface area contributed by atoms with Crippen LogP contribution in [0.15, 0.2) is 46.2 Å². The molecule has 0 radical (unpaired) electrons. The lowest BCUT2D eigenvalue weighted by Crippen LogP contribution is -2.46. The maximum atomic E-state index is 14.7. The maximum absolute atomic E-state index is 14.7. The zero-order chi connectivity index (χ0) is 24.7. The number of hydrogen-bond donors (Lipinski definition) is 1. The fourth-order valence-electron chi connectivity index (χ4n) is 3.44. The summed E-state index contributed by atoms with van der Waals surface area (Å²) in [5.74, 6) is -0.913. The summed E-state index contributed by atoms with van der Waals surface area (Å²) in [5.41, 5.74) is 4.02. The Kier molecular flexibility index (Phi) is 5.83. The summed E-state index contributed by atoms with van der Waals surface area (Å²) in [7, 11) is 0. The van der Waals surface area contributed by atoms with Crippen LogP contribution in [0.3, 0.4) is 0 Å². The van der Waals surface area contributed by atoms with Gasteiger partial charge in [-0.2, -0.15) is 22.0 Å². The molecule has 2 atom stereocenters. The Balaban J connectivity index is 1.64. The Labute approximate surface area is 187 Å². The second-order valence-electron chi connectivity index (χ2n) is 7.47. The Morgan fingerprint density at radius 3 is 2.53 bits per heavy atom. The number of aliphatic imine (C=N–C) groups is 1. The molecular weight excluding hydrogens is 472 g/mol. The van der Waals surface area contributed by atoms with Gasteiger partial charge in [0.05, 0.1) is 17.9 Å². The van der Waals surface area contributed by atoms with Crippen LogP contribution in [0.25, 0.3) is 22.8 Å². The van der Waals surface area contributed by atoms with Gasteiger partial charge in [0.15, 0.2) is 29.1 Å². The first-order valence-corrected chi connectivity index (χ1v) is 9.58. The van der Waals surface area contributed by atoms with Crippen molar-refractivity contribution in [1.29, 1.82) is 0 Å². The molecule has 0 amide bonds. The number of halogens is 6. The maximum Gasteiger partial charge on any atom is 0.425 e. The number of ether oxygens (including phenoxy) is 2. The van der Waals surface area contributed by atoms with Crippen LogP contribution in [0, 0.1) is 5.82 Å². The second kappa shape index (κ2) is 8.50. The number of amidine groups is 1.